The van der Waals surface area contributed by atoms with Crippen LogP contribution in [0.2, 0.25) is 10.0 Å². The summed E-state index contributed by atoms with van der Waals surface area (Å²) in [5.74, 6) is 0.826. The van der Waals surface area contributed by atoms with E-state index in [0.717, 1.165) is 37.2 Å². The van der Waals surface area contributed by atoms with Crippen LogP contribution in [0.1, 0.15) is 41.7 Å². The number of hydrogen-bond donors (Lipinski definition) is 1. The lowest BCUT2D eigenvalue weighted by Gasteiger charge is -2.31. The van der Waals surface area contributed by atoms with Gasteiger partial charge in [0.1, 0.15) is 5.75 Å². The largest absolute Gasteiger partial charge is 0.497 e. The molecule has 1 heterocycles. The summed E-state index contributed by atoms with van der Waals surface area (Å²) < 4.78 is 5.14. The number of likely N-dealkylation sites (tertiary alicyclic amines) is 1. The number of rotatable bonds is 7. The highest BCUT2D eigenvalue weighted by molar-refractivity contribution is 6.35. The molecule has 1 aliphatic heterocycles. The van der Waals surface area contributed by atoms with Gasteiger partial charge in [0.2, 0.25) is 5.91 Å². The van der Waals surface area contributed by atoms with Crippen LogP contribution in [0.3, 0.4) is 0 Å². The molecule has 3 rings (SSSR count). The van der Waals surface area contributed by atoms with Gasteiger partial charge < -0.3 is 10.1 Å². The fourth-order valence-electron chi connectivity index (χ4n) is 3.76. The summed E-state index contributed by atoms with van der Waals surface area (Å²) in [6.45, 7) is 3.64. The summed E-state index contributed by atoms with van der Waals surface area (Å²) in [5, 5.41) is 4.09. The molecule has 0 saturated carbocycles. The summed E-state index contributed by atoms with van der Waals surface area (Å²) in [6, 6.07) is 12.3. The van der Waals surface area contributed by atoms with Crippen molar-refractivity contribution in [1.82, 2.24) is 10.2 Å². The number of benzene rings is 2. The molecule has 1 aliphatic rings. The number of nitrogens with zero attached hydrogens (tertiary/aromatic N) is 1. The van der Waals surface area contributed by atoms with Crippen molar-refractivity contribution >= 4 is 34.9 Å². The summed E-state index contributed by atoms with van der Waals surface area (Å²) in [4.78, 5) is 27.3. The highest BCUT2D eigenvalue weighted by Crippen LogP contribution is 2.26. The third kappa shape index (κ3) is 5.75. The Balaban J connectivity index is 1.47. The van der Waals surface area contributed by atoms with Gasteiger partial charge in [0.05, 0.1) is 19.7 Å². The average Bonchev–Trinajstić information content (AvgIpc) is 2.73. The number of hydrogen-bond acceptors (Lipinski definition) is 4. The highest BCUT2D eigenvalue weighted by Gasteiger charge is 2.27. The second kappa shape index (κ2) is 10.3. The Morgan fingerprint density at radius 1 is 1.13 bits per heavy atom. The van der Waals surface area contributed by atoms with Crippen molar-refractivity contribution < 1.29 is 14.3 Å². The molecule has 0 bridgehead atoms. The van der Waals surface area contributed by atoms with Crippen LogP contribution >= 0.6 is 23.2 Å². The van der Waals surface area contributed by atoms with Gasteiger partial charge in [-0.15, -0.1) is 0 Å². The smallest absolute Gasteiger partial charge is 0.234 e. The number of Topliss-reactive ketones (excluding diaryl/α,β-unsaturated/α-hetero) is 1. The predicted molar refractivity (Wildman–Crippen MR) is 120 cm³/mol. The molecule has 0 aromatic heterocycles. The SMILES string of the molecule is COc1ccc(C(=O)C2CCN(CC(=O)NC(C)c3ccc(Cl)cc3Cl)CC2)cc1. The number of carbonyl (C=O) groups excluding carboxylic acids is 2. The first-order valence-corrected chi connectivity index (χ1v) is 10.8. The van der Waals surface area contributed by atoms with Crippen LogP contribution in [-0.4, -0.2) is 43.3 Å². The van der Waals surface area contributed by atoms with Crippen molar-refractivity contribution in [3.63, 3.8) is 0 Å². The Kier molecular flexibility index (Phi) is 7.75. The van der Waals surface area contributed by atoms with Crippen molar-refractivity contribution in [1.29, 1.82) is 0 Å². The lowest BCUT2D eigenvalue weighted by molar-refractivity contribution is -0.123. The molecule has 2 aromatic carbocycles. The third-order valence-electron chi connectivity index (χ3n) is 5.51. The van der Waals surface area contributed by atoms with E-state index in [1.807, 2.05) is 25.1 Å². The van der Waals surface area contributed by atoms with Gasteiger partial charge in [0.15, 0.2) is 5.78 Å². The molecular weight excluding hydrogens is 423 g/mol. The van der Waals surface area contributed by atoms with Gasteiger partial charge in [-0.3, -0.25) is 14.5 Å². The lowest BCUT2D eigenvalue weighted by Crippen LogP contribution is -2.43. The summed E-state index contributed by atoms with van der Waals surface area (Å²) >= 11 is 12.2. The van der Waals surface area contributed by atoms with Crippen LogP contribution in [0.15, 0.2) is 42.5 Å². The highest BCUT2D eigenvalue weighted by atomic mass is 35.5. The molecule has 0 spiro atoms. The van der Waals surface area contributed by atoms with E-state index in [-0.39, 0.29) is 23.7 Å². The van der Waals surface area contributed by atoms with Gasteiger partial charge in [0, 0.05) is 21.5 Å². The standard InChI is InChI=1S/C23H26Cl2N2O3/c1-15(20-8-5-18(24)13-21(20)25)26-22(28)14-27-11-9-17(10-12-27)23(29)16-3-6-19(30-2)7-4-16/h3-8,13,15,17H,9-12,14H2,1-2H3,(H,26,28). The van der Waals surface area contributed by atoms with Crippen molar-refractivity contribution in [2.45, 2.75) is 25.8 Å². The molecule has 5 nitrogen and oxygen atoms in total. The molecule has 0 aliphatic carbocycles. The molecule has 1 fully saturated rings. The van der Waals surface area contributed by atoms with Crippen molar-refractivity contribution in [2.24, 2.45) is 5.92 Å². The maximum Gasteiger partial charge on any atom is 0.234 e. The summed E-state index contributed by atoms with van der Waals surface area (Å²) in [5.41, 5.74) is 1.54. The van der Waals surface area contributed by atoms with Crippen LogP contribution in [0.4, 0.5) is 0 Å². The first-order chi connectivity index (χ1) is 14.4. The first-order valence-electron chi connectivity index (χ1n) is 10.0. The Hall–Kier alpha value is -2.08. The Labute approximate surface area is 187 Å². The van der Waals surface area contributed by atoms with Crippen LogP contribution in [0.25, 0.3) is 0 Å². The Bertz CT molecular complexity index is 894. The molecular formula is C23H26Cl2N2O3. The molecule has 7 heteroatoms. The zero-order valence-electron chi connectivity index (χ0n) is 17.2. The van der Waals surface area contributed by atoms with E-state index in [1.54, 1.807) is 31.4 Å². The monoisotopic (exact) mass is 448 g/mol. The maximum atomic E-state index is 12.7. The second-order valence-corrected chi connectivity index (χ2v) is 8.44. The van der Waals surface area contributed by atoms with Gasteiger partial charge in [-0.1, -0.05) is 29.3 Å². The molecule has 1 saturated heterocycles. The minimum Gasteiger partial charge on any atom is -0.497 e. The fourth-order valence-corrected chi connectivity index (χ4v) is 4.34. The van der Waals surface area contributed by atoms with Crippen molar-refractivity contribution in [2.75, 3.05) is 26.7 Å². The molecule has 160 valence electrons. The Morgan fingerprint density at radius 3 is 2.40 bits per heavy atom. The van der Waals surface area contributed by atoms with Gasteiger partial charge in [-0.2, -0.15) is 0 Å². The van der Waals surface area contributed by atoms with Gasteiger partial charge >= 0.3 is 0 Å². The van der Waals surface area contributed by atoms with Crippen molar-refractivity contribution in [3.8, 4) is 5.75 Å². The molecule has 2 aromatic rings. The third-order valence-corrected chi connectivity index (χ3v) is 6.07. The van der Waals surface area contributed by atoms with E-state index >= 15 is 0 Å². The van der Waals surface area contributed by atoms with Crippen LogP contribution in [0, 0.1) is 5.92 Å². The number of methoxy groups -OCH3 is 1. The van der Waals surface area contributed by atoms with E-state index in [4.69, 9.17) is 27.9 Å². The minimum absolute atomic E-state index is 0.00972. The van der Waals surface area contributed by atoms with E-state index < -0.39 is 0 Å². The van der Waals surface area contributed by atoms with E-state index in [9.17, 15) is 9.59 Å². The van der Waals surface area contributed by atoms with E-state index in [1.165, 1.54) is 0 Å². The first kappa shape index (κ1) is 22.6. The number of nitrogens with one attached hydrogen (secondary N) is 1. The fraction of sp³-hybridized carbons (Fsp3) is 0.391. The van der Waals surface area contributed by atoms with Gasteiger partial charge in [0.25, 0.3) is 0 Å². The van der Waals surface area contributed by atoms with E-state index in [2.05, 4.69) is 10.2 Å². The maximum absolute atomic E-state index is 12.7. The topological polar surface area (TPSA) is 58.6 Å². The molecule has 1 atom stereocenters. The molecule has 1 amide bonds. The number of piperidine rings is 1. The molecule has 1 N–H and O–H groups in total. The molecule has 0 radical (unpaired) electrons. The Morgan fingerprint density at radius 2 is 1.80 bits per heavy atom. The number of carbonyl (C=O) groups is 2. The number of ether oxygens (including phenoxy) is 1. The molecule has 30 heavy (non-hydrogen) atoms. The average molecular weight is 449 g/mol. The zero-order chi connectivity index (χ0) is 21.7. The lowest BCUT2D eigenvalue weighted by atomic mass is 9.89. The normalized spacial score (nSPS) is 16.1. The summed E-state index contributed by atoms with van der Waals surface area (Å²) in [6.07, 6.45) is 1.49. The van der Waals surface area contributed by atoms with Gasteiger partial charge in [-0.25, -0.2) is 0 Å². The van der Waals surface area contributed by atoms with Crippen LogP contribution in [-0.2, 0) is 4.79 Å². The van der Waals surface area contributed by atoms with Crippen LogP contribution < -0.4 is 10.1 Å². The zero-order valence-corrected chi connectivity index (χ0v) is 18.7. The van der Waals surface area contributed by atoms with Crippen LogP contribution in [0.5, 0.6) is 5.75 Å². The van der Waals surface area contributed by atoms with Gasteiger partial charge in [-0.05, 0) is 74.8 Å². The molecule has 1 unspecified atom stereocenters. The summed E-state index contributed by atoms with van der Waals surface area (Å²) in [7, 11) is 1.60. The predicted octanol–water partition coefficient (Wildman–Crippen LogP) is 4.77. The van der Waals surface area contributed by atoms with E-state index in [0.29, 0.717) is 22.2 Å². The van der Waals surface area contributed by atoms with Crippen molar-refractivity contribution in [3.05, 3.63) is 63.6 Å². The number of ketones is 1. The second-order valence-electron chi connectivity index (χ2n) is 7.60. The number of amides is 1. The number of halogens is 2. The quantitative estimate of drug-likeness (QED) is 0.619. The minimum atomic E-state index is -0.212.